The number of furan rings is 1. The molecule has 2 aromatic carbocycles. The van der Waals surface area contributed by atoms with Crippen LogP contribution in [-0.2, 0) is 4.84 Å². The zero-order valence-electron chi connectivity index (χ0n) is 19.0. The van der Waals surface area contributed by atoms with Crippen molar-refractivity contribution in [2.45, 2.75) is 6.23 Å². The van der Waals surface area contributed by atoms with Gasteiger partial charge in [0.2, 0.25) is 12.1 Å². The molecule has 0 spiro atoms. The van der Waals surface area contributed by atoms with Gasteiger partial charge in [-0.3, -0.25) is 9.88 Å². The first-order valence-corrected chi connectivity index (χ1v) is 12.0. The van der Waals surface area contributed by atoms with Gasteiger partial charge in [0.15, 0.2) is 5.76 Å². The molecule has 2 aliphatic heterocycles. The zero-order chi connectivity index (χ0) is 23.6. The Morgan fingerprint density at radius 1 is 0.829 bits per heavy atom. The van der Waals surface area contributed by atoms with Gasteiger partial charge in [-0.05, 0) is 72.8 Å². The van der Waals surface area contributed by atoms with Gasteiger partial charge in [-0.1, -0.05) is 22.8 Å². The van der Waals surface area contributed by atoms with Gasteiger partial charge in [0.25, 0.3) is 0 Å². The third kappa shape index (κ3) is 4.36. The molecule has 6 rings (SSSR count). The molecule has 4 heterocycles. The highest BCUT2D eigenvalue weighted by atomic mass is 35.5. The number of amidine groups is 1. The summed E-state index contributed by atoms with van der Waals surface area (Å²) in [6.45, 7) is 3.98. The first-order chi connectivity index (χ1) is 17.3. The Kier molecular flexibility index (Phi) is 5.86. The largest absolute Gasteiger partial charge is 0.453 e. The number of rotatable bonds is 5. The Morgan fingerprint density at radius 2 is 1.57 bits per heavy atom. The smallest absolute Gasteiger partial charge is 0.248 e. The van der Waals surface area contributed by atoms with E-state index in [2.05, 4.69) is 44.6 Å². The summed E-state index contributed by atoms with van der Waals surface area (Å²) in [5.41, 5.74) is 3.85. The molecule has 35 heavy (non-hydrogen) atoms. The molecular weight excluding hydrogens is 462 g/mol. The van der Waals surface area contributed by atoms with E-state index in [4.69, 9.17) is 20.9 Å². The van der Waals surface area contributed by atoms with Crippen LogP contribution >= 0.6 is 11.6 Å². The van der Waals surface area contributed by atoms with Crippen LogP contribution in [0.1, 0.15) is 17.7 Å². The molecule has 4 aromatic rings. The molecule has 1 saturated heterocycles. The van der Waals surface area contributed by atoms with Crippen LogP contribution in [0.4, 0.5) is 11.4 Å². The molecule has 176 valence electrons. The quantitative estimate of drug-likeness (QED) is 0.413. The SMILES string of the molecule is Clc1ccc(-c2ccc(C3=NOC(c4ccccn4)N3c3ccc(N4CCNCC4)cc3)o2)cc1. The Hall–Kier alpha value is -3.81. The molecule has 0 aliphatic carbocycles. The molecule has 1 fully saturated rings. The molecule has 7 nitrogen and oxygen atoms in total. The molecule has 2 aliphatic rings. The first-order valence-electron chi connectivity index (χ1n) is 11.6. The van der Waals surface area contributed by atoms with Gasteiger partial charge < -0.3 is 19.5 Å². The number of piperazine rings is 1. The summed E-state index contributed by atoms with van der Waals surface area (Å²) in [6.07, 6.45) is 1.26. The van der Waals surface area contributed by atoms with Gasteiger partial charge in [0.1, 0.15) is 11.5 Å². The van der Waals surface area contributed by atoms with Crippen molar-refractivity contribution in [2.75, 3.05) is 36.0 Å². The van der Waals surface area contributed by atoms with Crippen molar-refractivity contribution in [3.05, 3.63) is 102 Å². The third-order valence-electron chi connectivity index (χ3n) is 6.21. The topological polar surface area (TPSA) is 66.1 Å². The second-order valence-electron chi connectivity index (χ2n) is 8.42. The average Bonchev–Trinajstić information content (AvgIpc) is 3.58. The normalized spacial score (nSPS) is 17.9. The number of anilines is 2. The molecule has 0 saturated carbocycles. The molecule has 1 N–H and O–H groups in total. The van der Waals surface area contributed by atoms with E-state index in [1.165, 1.54) is 5.69 Å². The predicted octanol–water partition coefficient (Wildman–Crippen LogP) is 5.30. The Balaban J connectivity index is 1.34. The zero-order valence-corrected chi connectivity index (χ0v) is 19.7. The summed E-state index contributed by atoms with van der Waals surface area (Å²) in [5.74, 6) is 1.94. The maximum atomic E-state index is 6.22. The highest BCUT2D eigenvalue weighted by Crippen LogP contribution is 2.36. The Morgan fingerprint density at radius 3 is 2.31 bits per heavy atom. The van der Waals surface area contributed by atoms with Crippen molar-refractivity contribution in [1.82, 2.24) is 10.3 Å². The van der Waals surface area contributed by atoms with Crippen LogP contribution in [0.25, 0.3) is 11.3 Å². The first kappa shape index (κ1) is 21.7. The maximum absolute atomic E-state index is 6.22. The molecule has 0 amide bonds. The minimum atomic E-state index is -0.500. The Labute approximate surface area is 208 Å². The molecule has 0 bridgehead atoms. The van der Waals surface area contributed by atoms with Gasteiger partial charge in [-0.2, -0.15) is 0 Å². The number of nitrogens with one attached hydrogen (secondary N) is 1. The van der Waals surface area contributed by atoms with Crippen molar-refractivity contribution in [3.8, 4) is 11.3 Å². The molecule has 2 aromatic heterocycles. The standard InChI is InChI=1S/C27H24ClN5O2/c28-20-6-4-19(5-7-20)24-12-13-25(34-24)26-31-35-27(23-3-1-2-14-30-23)33(26)22-10-8-21(9-11-22)32-17-15-29-16-18-32/h1-14,27,29H,15-18H2. The molecular formula is C27H24ClN5O2. The molecule has 8 heteroatoms. The lowest BCUT2D eigenvalue weighted by molar-refractivity contribution is 0.0836. The predicted molar refractivity (Wildman–Crippen MR) is 138 cm³/mol. The summed E-state index contributed by atoms with van der Waals surface area (Å²) in [7, 11) is 0. The summed E-state index contributed by atoms with van der Waals surface area (Å²) < 4.78 is 6.22. The number of pyridine rings is 1. The van der Waals surface area contributed by atoms with Crippen LogP contribution in [0.15, 0.2) is 94.6 Å². The highest BCUT2D eigenvalue weighted by molar-refractivity contribution is 6.30. The number of aromatic nitrogens is 1. The van der Waals surface area contributed by atoms with Crippen molar-refractivity contribution in [1.29, 1.82) is 0 Å². The second-order valence-corrected chi connectivity index (χ2v) is 8.86. The molecule has 0 radical (unpaired) electrons. The van der Waals surface area contributed by atoms with E-state index in [0.29, 0.717) is 16.6 Å². The lowest BCUT2D eigenvalue weighted by atomic mass is 10.2. The lowest BCUT2D eigenvalue weighted by Gasteiger charge is -2.30. The van der Waals surface area contributed by atoms with Gasteiger partial charge in [-0.15, -0.1) is 0 Å². The molecule has 1 unspecified atom stereocenters. The fraction of sp³-hybridized carbons (Fsp3) is 0.185. The van der Waals surface area contributed by atoms with E-state index in [-0.39, 0.29) is 0 Å². The van der Waals surface area contributed by atoms with Gasteiger partial charge >= 0.3 is 0 Å². The van der Waals surface area contributed by atoms with E-state index in [1.54, 1.807) is 6.20 Å². The third-order valence-corrected chi connectivity index (χ3v) is 6.46. The number of hydrogen-bond acceptors (Lipinski definition) is 7. The van der Waals surface area contributed by atoms with Crippen LogP contribution in [0.2, 0.25) is 5.02 Å². The van der Waals surface area contributed by atoms with E-state index in [9.17, 15) is 0 Å². The van der Waals surface area contributed by atoms with E-state index >= 15 is 0 Å². The van der Waals surface area contributed by atoms with Crippen molar-refractivity contribution >= 4 is 28.8 Å². The molecule has 1 atom stereocenters. The van der Waals surface area contributed by atoms with Crippen LogP contribution < -0.4 is 15.1 Å². The average molecular weight is 486 g/mol. The van der Waals surface area contributed by atoms with E-state index < -0.39 is 6.23 Å². The monoisotopic (exact) mass is 485 g/mol. The summed E-state index contributed by atoms with van der Waals surface area (Å²) in [6, 6.07) is 25.7. The van der Waals surface area contributed by atoms with Crippen LogP contribution in [0.3, 0.4) is 0 Å². The van der Waals surface area contributed by atoms with Crippen LogP contribution in [0, 0.1) is 0 Å². The fourth-order valence-corrected chi connectivity index (χ4v) is 4.53. The summed E-state index contributed by atoms with van der Waals surface area (Å²) in [4.78, 5) is 14.8. The van der Waals surface area contributed by atoms with Crippen molar-refractivity contribution in [3.63, 3.8) is 0 Å². The van der Waals surface area contributed by atoms with Gasteiger partial charge in [-0.25, -0.2) is 0 Å². The number of nitrogens with zero attached hydrogens (tertiary/aromatic N) is 4. The van der Waals surface area contributed by atoms with Crippen molar-refractivity contribution < 1.29 is 9.25 Å². The highest BCUT2D eigenvalue weighted by Gasteiger charge is 2.36. The summed E-state index contributed by atoms with van der Waals surface area (Å²) in [5, 5.41) is 8.51. The number of halogens is 1. The maximum Gasteiger partial charge on any atom is 0.248 e. The van der Waals surface area contributed by atoms with E-state index in [1.807, 2.05) is 59.5 Å². The van der Waals surface area contributed by atoms with Crippen LogP contribution in [-0.4, -0.2) is 37.0 Å². The van der Waals surface area contributed by atoms with Gasteiger partial charge in [0, 0.05) is 54.3 Å². The fourth-order valence-electron chi connectivity index (χ4n) is 4.41. The Bertz CT molecular complexity index is 1320. The number of oxime groups is 1. The van der Waals surface area contributed by atoms with Crippen LogP contribution in [0.5, 0.6) is 0 Å². The minimum absolute atomic E-state index is 0.500. The second kappa shape index (κ2) is 9.44. The van der Waals surface area contributed by atoms with E-state index in [0.717, 1.165) is 48.9 Å². The van der Waals surface area contributed by atoms with Gasteiger partial charge in [0.05, 0.1) is 0 Å². The number of benzene rings is 2. The van der Waals surface area contributed by atoms with Crippen molar-refractivity contribution in [2.24, 2.45) is 5.16 Å². The number of hydrogen-bond donors (Lipinski definition) is 1. The minimum Gasteiger partial charge on any atom is -0.453 e. The lowest BCUT2D eigenvalue weighted by Crippen LogP contribution is -2.43. The summed E-state index contributed by atoms with van der Waals surface area (Å²) >= 11 is 6.04.